The van der Waals surface area contributed by atoms with Crippen LogP contribution in [0, 0.1) is 0 Å². The van der Waals surface area contributed by atoms with Crippen molar-refractivity contribution in [3.05, 3.63) is 0 Å². The zero-order valence-corrected chi connectivity index (χ0v) is 5.87. The molecule has 52 valence electrons. The van der Waals surface area contributed by atoms with Crippen molar-refractivity contribution in [1.29, 1.82) is 0 Å². The van der Waals surface area contributed by atoms with Crippen molar-refractivity contribution in [3.8, 4) is 0 Å². The lowest BCUT2D eigenvalue weighted by Crippen LogP contribution is -1.86. The lowest BCUT2D eigenvalue weighted by Gasteiger charge is -1.73. The van der Waals surface area contributed by atoms with Gasteiger partial charge in [-0.3, -0.25) is 9.11 Å². The number of rotatable bonds is 0. The van der Waals surface area contributed by atoms with Crippen LogP contribution in [0.15, 0.2) is 0 Å². The molecule has 8 heavy (non-hydrogen) atoms. The average Bonchev–Trinajstić information content (AvgIpc) is 1.27. The minimum Gasteiger partial charge on any atom is -0.307 e. The highest BCUT2D eigenvalue weighted by molar-refractivity contribution is 8.26. The predicted molar refractivity (Wildman–Crippen MR) is 33.6 cm³/mol. The molecule has 0 unspecified atom stereocenters. The van der Waals surface area contributed by atoms with Crippen molar-refractivity contribution in [2.24, 2.45) is 0 Å². The standard InChI is InChI=1S/H2O3S2.H2O2S/c1-5(2,3)4;1-3-2/h(H2,1,2,3,4);1-2H. The predicted octanol–water partition coefficient (Wildman–Crippen LogP) is 0.344. The highest BCUT2D eigenvalue weighted by atomic mass is 32.9. The van der Waals surface area contributed by atoms with Gasteiger partial charge in [0.1, 0.15) is 0 Å². The van der Waals surface area contributed by atoms with E-state index < -0.39 is 9.05 Å². The topological polar surface area (TPSA) is 98.0 Å². The molecule has 0 spiro atoms. The minimum absolute atomic E-state index is 0.250. The molecule has 0 bridgehead atoms. The van der Waals surface area contributed by atoms with E-state index in [0.29, 0.717) is 0 Å². The van der Waals surface area contributed by atoms with E-state index in [1.54, 1.807) is 0 Å². The lowest BCUT2D eigenvalue weighted by molar-refractivity contribution is 0.450. The van der Waals surface area contributed by atoms with E-state index in [-0.39, 0.29) is 12.3 Å². The Bertz CT molecular complexity index is 102. The molecule has 0 rings (SSSR count). The fourth-order valence-electron chi connectivity index (χ4n) is 0. The van der Waals surface area contributed by atoms with Crippen LogP contribution in [0.25, 0.3) is 0 Å². The molecule has 0 aliphatic rings. The Hall–Kier alpha value is 0.560. The summed E-state index contributed by atoms with van der Waals surface area (Å²) >= 11 is 3.22. The second-order valence-electron chi connectivity index (χ2n) is 0.529. The third-order valence-corrected chi connectivity index (χ3v) is 0. The number of hydrogen-bond acceptors (Lipinski definition) is 5. The molecule has 4 N–H and O–H groups in total. The summed E-state index contributed by atoms with van der Waals surface area (Å²) in [6.45, 7) is 0. The van der Waals surface area contributed by atoms with Gasteiger partial charge in [0, 0.05) is 11.2 Å². The summed E-state index contributed by atoms with van der Waals surface area (Å²) in [7, 11) is -3.83. The first kappa shape index (κ1) is 11.4. The van der Waals surface area contributed by atoms with Crippen molar-refractivity contribution in [3.63, 3.8) is 0 Å². The summed E-state index contributed by atoms with van der Waals surface area (Å²) in [5, 5.41) is 0. The minimum atomic E-state index is -3.83. The Kier molecular flexibility index (Phi) is 8.09. The smallest absolute Gasteiger partial charge is 0.263 e. The van der Waals surface area contributed by atoms with Crippen LogP contribution in [-0.4, -0.2) is 22.4 Å². The monoisotopic (exact) mass is 180 g/mol. The molecule has 0 aromatic rings. The summed E-state index contributed by atoms with van der Waals surface area (Å²) < 4.78 is 38.0. The van der Waals surface area contributed by atoms with Gasteiger partial charge in [0.15, 0.2) is 12.3 Å². The second-order valence-corrected chi connectivity index (χ2v) is 2.89. The highest BCUT2D eigenvalue weighted by Crippen LogP contribution is 1.67. The summed E-state index contributed by atoms with van der Waals surface area (Å²) in [5.74, 6) is 0. The molecule has 0 aromatic carbocycles. The molecule has 0 saturated heterocycles. The SMILES string of the molecule is O=S(O)(O)=S.OSO. The molecular weight excluding hydrogens is 176 g/mol. The van der Waals surface area contributed by atoms with E-state index in [2.05, 4.69) is 11.2 Å². The fraction of sp³-hybridized carbons (Fsp3) is 0. The lowest BCUT2D eigenvalue weighted by atomic mass is 15.8. The largest absolute Gasteiger partial charge is 0.307 e. The second kappa shape index (κ2) is 5.69. The molecule has 0 aliphatic carbocycles. The van der Waals surface area contributed by atoms with Gasteiger partial charge in [0.25, 0.3) is 9.05 Å². The quantitative estimate of drug-likeness (QED) is 0.399. The van der Waals surface area contributed by atoms with Crippen LogP contribution in [0.3, 0.4) is 0 Å². The maximum Gasteiger partial charge on any atom is 0.263 e. The maximum absolute atomic E-state index is 9.11. The third kappa shape index (κ3) is 647. The Morgan fingerprint density at radius 2 is 1.38 bits per heavy atom. The zero-order chi connectivity index (χ0) is 7.21. The van der Waals surface area contributed by atoms with Crippen LogP contribution in [-0.2, 0) is 20.2 Å². The van der Waals surface area contributed by atoms with Crippen LogP contribution >= 0.6 is 12.3 Å². The summed E-state index contributed by atoms with van der Waals surface area (Å²) in [6.07, 6.45) is 0. The van der Waals surface area contributed by atoms with Gasteiger partial charge in [0.2, 0.25) is 0 Å². The Balaban J connectivity index is 0. The van der Waals surface area contributed by atoms with E-state index in [4.69, 9.17) is 22.4 Å². The summed E-state index contributed by atoms with van der Waals surface area (Å²) in [6, 6.07) is 0. The third-order valence-electron chi connectivity index (χ3n) is 0. The van der Waals surface area contributed by atoms with Gasteiger partial charge in [-0.15, -0.1) is 0 Å². The summed E-state index contributed by atoms with van der Waals surface area (Å²) in [4.78, 5) is 0. The molecule has 0 aromatic heterocycles. The van der Waals surface area contributed by atoms with Crippen molar-refractivity contribution in [1.82, 2.24) is 0 Å². The Morgan fingerprint density at radius 3 is 1.38 bits per heavy atom. The number of hydrogen-bond donors (Lipinski definition) is 4. The molecule has 0 saturated carbocycles. The van der Waals surface area contributed by atoms with E-state index >= 15 is 0 Å². The molecule has 5 nitrogen and oxygen atoms in total. The first-order valence-corrected chi connectivity index (χ1v) is 4.19. The summed E-state index contributed by atoms with van der Waals surface area (Å²) in [5.41, 5.74) is 0. The van der Waals surface area contributed by atoms with Crippen LogP contribution in [0.5, 0.6) is 0 Å². The molecule has 0 fully saturated rings. The Morgan fingerprint density at radius 1 is 1.38 bits per heavy atom. The van der Waals surface area contributed by atoms with Crippen molar-refractivity contribution in [2.75, 3.05) is 0 Å². The fourth-order valence-corrected chi connectivity index (χ4v) is 0. The zero-order valence-electron chi connectivity index (χ0n) is 3.42. The first-order chi connectivity index (χ1) is 3.41. The maximum atomic E-state index is 9.11. The molecule has 0 atom stereocenters. The van der Waals surface area contributed by atoms with Gasteiger partial charge < -0.3 is 9.11 Å². The molecule has 0 heterocycles. The van der Waals surface area contributed by atoms with E-state index in [0.717, 1.165) is 0 Å². The van der Waals surface area contributed by atoms with Gasteiger partial charge in [-0.05, 0) is 0 Å². The van der Waals surface area contributed by atoms with Crippen molar-refractivity contribution >= 4 is 32.6 Å². The Labute approximate surface area is 55.5 Å². The average molecular weight is 180 g/mol. The molecule has 0 radical (unpaired) electrons. The van der Waals surface area contributed by atoms with Crippen LogP contribution in [0.1, 0.15) is 0 Å². The first-order valence-electron chi connectivity index (χ1n) is 1.06. The van der Waals surface area contributed by atoms with Crippen molar-refractivity contribution in [2.45, 2.75) is 0 Å². The van der Waals surface area contributed by atoms with Crippen molar-refractivity contribution < 1.29 is 22.4 Å². The molecule has 8 heteroatoms. The van der Waals surface area contributed by atoms with Gasteiger partial charge in [-0.2, -0.15) is 4.21 Å². The van der Waals surface area contributed by atoms with E-state index in [1.165, 1.54) is 0 Å². The molecule has 0 aliphatic heterocycles. The highest BCUT2D eigenvalue weighted by Gasteiger charge is 1.78. The molecular formula is H4O5S3. The van der Waals surface area contributed by atoms with Gasteiger partial charge >= 0.3 is 0 Å². The van der Waals surface area contributed by atoms with E-state index in [9.17, 15) is 0 Å². The van der Waals surface area contributed by atoms with Gasteiger partial charge in [0.05, 0.1) is 0 Å². The van der Waals surface area contributed by atoms with Crippen LogP contribution in [0.4, 0.5) is 0 Å². The van der Waals surface area contributed by atoms with Crippen LogP contribution < -0.4 is 0 Å². The molecule has 0 amide bonds. The van der Waals surface area contributed by atoms with Gasteiger partial charge in [-0.25, -0.2) is 0 Å². The van der Waals surface area contributed by atoms with Gasteiger partial charge in [-0.1, -0.05) is 0 Å². The normalized spacial score (nSPS) is 9.50. The van der Waals surface area contributed by atoms with E-state index in [1.807, 2.05) is 0 Å². The van der Waals surface area contributed by atoms with Crippen LogP contribution in [0.2, 0.25) is 0 Å².